The van der Waals surface area contributed by atoms with Crippen LogP contribution in [0.3, 0.4) is 0 Å². The van der Waals surface area contributed by atoms with E-state index in [0.717, 1.165) is 37.2 Å². The summed E-state index contributed by atoms with van der Waals surface area (Å²) >= 11 is 12.1. The van der Waals surface area contributed by atoms with Gasteiger partial charge in [0.25, 0.3) is 0 Å². The Bertz CT molecular complexity index is 907. The quantitative estimate of drug-likeness (QED) is 0.574. The molecule has 0 radical (unpaired) electrons. The first-order chi connectivity index (χ1) is 14.8. The lowest BCUT2D eigenvalue weighted by Crippen LogP contribution is -2.39. The van der Waals surface area contributed by atoms with Crippen molar-refractivity contribution in [2.75, 3.05) is 26.7 Å². The Balaban J connectivity index is 1.69. The molecule has 1 fully saturated rings. The summed E-state index contributed by atoms with van der Waals surface area (Å²) in [6.45, 7) is 2.51. The van der Waals surface area contributed by atoms with E-state index in [-0.39, 0.29) is 24.8 Å². The number of carboxylic acid groups (broad SMARTS) is 1. The van der Waals surface area contributed by atoms with Crippen molar-refractivity contribution in [3.05, 3.63) is 69.7 Å². The number of carboxylic acids is 1. The molecule has 0 aliphatic carbocycles. The molecule has 1 amide bonds. The molecule has 2 atom stereocenters. The Morgan fingerprint density at radius 1 is 1.16 bits per heavy atom. The van der Waals surface area contributed by atoms with Gasteiger partial charge in [-0.15, -0.1) is 0 Å². The molecule has 3 rings (SSSR count). The maximum Gasteiger partial charge on any atom is 0.303 e. The van der Waals surface area contributed by atoms with Crippen molar-refractivity contribution >= 4 is 35.1 Å². The molecule has 0 aromatic heterocycles. The third-order valence-corrected chi connectivity index (χ3v) is 6.69. The van der Waals surface area contributed by atoms with Crippen LogP contribution in [0.1, 0.15) is 36.4 Å². The largest absolute Gasteiger partial charge is 0.481 e. The lowest BCUT2D eigenvalue weighted by Gasteiger charge is -2.32. The number of carbonyl (C=O) groups excluding carboxylic acids is 1. The van der Waals surface area contributed by atoms with Crippen LogP contribution in [0.2, 0.25) is 10.0 Å². The first-order valence-corrected chi connectivity index (χ1v) is 11.3. The van der Waals surface area contributed by atoms with Crippen LogP contribution in [0, 0.1) is 5.92 Å². The normalized spacial score (nSPS) is 17.5. The highest BCUT2D eigenvalue weighted by Gasteiger charge is 2.29. The maximum absolute atomic E-state index is 13.1. The van der Waals surface area contributed by atoms with Gasteiger partial charge in [0.15, 0.2) is 0 Å². The number of rotatable bonds is 9. The van der Waals surface area contributed by atoms with E-state index in [1.165, 1.54) is 0 Å². The fourth-order valence-electron chi connectivity index (χ4n) is 4.14. The third-order valence-electron chi connectivity index (χ3n) is 5.95. The van der Waals surface area contributed by atoms with E-state index < -0.39 is 5.97 Å². The molecule has 31 heavy (non-hydrogen) atoms. The van der Waals surface area contributed by atoms with Crippen molar-refractivity contribution in [3.63, 3.8) is 0 Å². The van der Waals surface area contributed by atoms with E-state index in [4.69, 9.17) is 28.3 Å². The second-order valence-corrected chi connectivity index (χ2v) is 9.02. The molecule has 1 aliphatic rings. The summed E-state index contributed by atoms with van der Waals surface area (Å²) < 4.78 is 0. The first kappa shape index (κ1) is 23.6. The van der Waals surface area contributed by atoms with Crippen molar-refractivity contribution in [2.24, 2.45) is 5.92 Å². The number of likely N-dealkylation sites (tertiary alicyclic amines) is 1. The van der Waals surface area contributed by atoms with Gasteiger partial charge in [0.2, 0.25) is 5.91 Å². The number of amides is 1. The molecule has 0 unspecified atom stereocenters. The fourth-order valence-corrected chi connectivity index (χ4v) is 4.46. The third kappa shape index (κ3) is 6.70. The Hall–Kier alpha value is -2.08. The number of benzene rings is 2. The van der Waals surface area contributed by atoms with Crippen molar-refractivity contribution in [3.8, 4) is 0 Å². The van der Waals surface area contributed by atoms with E-state index in [1.807, 2.05) is 48.3 Å². The van der Waals surface area contributed by atoms with E-state index >= 15 is 0 Å². The maximum atomic E-state index is 13.1. The molecule has 7 heteroatoms. The standard InChI is InChI=1S/C24H28Cl2N2O3/c1-27(23(29)14-18-7-9-20(25)21(26)13-18)22(19-5-3-2-4-6-19)16-28-12-11-17(15-28)8-10-24(30)31/h2-7,9,13,17,22H,8,10-12,14-16H2,1H3,(H,30,31)/t17-,22+/m0/s1. The Morgan fingerprint density at radius 3 is 2.58 bits per heavy atom. The number of carbonyl (C=O) groups is 2. The highest BCUT2D eigenvalue weighted by Crippen LogP contribution is 2.28. The van der Waals surface area contributed by atoms with Gasteiger partial charge in [0, 0.05) is 26.6 Å². The van der Waals surface area contributed by atoms with Gasteiger partial charge in [-0.1, -0.05) is 59.6 Å². The monoisotopic (exact) mass is 462 g/mol. The van der Waals surface area contributed by atoms with Crippen LogP contribution in [-0.4, -0.2) is 53.5 Å². The summed E-state index contributed by atoms with van der Waals surface area (Å²) in [5.41, 5.74) is 1.91. The van der Waals surface area contributed by atoms with Crippen LogP contribution in [0.5, 0.6) is 0 Å². The van der Waals surface area contributed by atoms with E-state index in [0.29, 0.717) is 22.4 Å². The Kier molecular flexibility index (Phi) is 8.35. The summed E-state index contributed by atoms with van der Waals surface area (Å²) in [6.07, 6.45) is 2.16. The predicted molar refractivity (Wildman–Crippen MR) is 124 cm³/mol. The first-order valence-electron chi connectivity index (χ1n) is 10.5. The van der Waals surface area contributed by atoms with E-state index in [1.54, 1.807) is 12.1 Å². The lowest BCUT2D eigenvalue weighted by molar-refractivity contribution is -0.137. The van der Waals surface area contributed by atoms with Crippen LogP contribution >= 0.6 is 23.2 Å². The van der Waals surface area contributed by atoms with Gasteiger partial charge in [0.05, 0.1) is 22.5 Å². The zero-order chi connectivity index (χ0) is 22.4. The number of hydrogen-bond acceptors (Lipinski definition) is 3. The molecule has 1 saturated heterocycles. The van der Waals surface area contributed by atoms with E-state index in [2.05, 4.69) is 4.90 Å². The van der Waals surface area contributed by atoms with Gasteiger partial charge in [-0.2, -0.15) is 0 Å². The Morgan fingerprint density at radius 2 is 1.90 bits per heavy atom. The molecule has 5 nitrogen and oxygen atoms in total. The number of halogens is 2. The molecule has 1 heterocycles. The summed E-state index contributed by atoms with van der Waals surface area (Å²) in [4.78, 5) is 28.1. The number of likely N-dealkylation sites (N-methyl/N-ethyl adjacent to an activating group) is 1. The highest BCUT2D eigenvalue weighted by molar-refractivity contribution is 6.42. The van der Waals surface area contributed by atoms with Crippen molar-refractivity contribution in [1.29, 1.82) is 0 Å². The van der Waals surface area contributed by atoms with Crippen molar-refractivity contribution < 1.29 is 14.7 Å². The van der Waals surface area contributed by atoms with Crippen LogP contribution in [-0.2, 0) is 16.0 Å². The second kappa shape index (κ2) is 11.0. The van der Waals surface area contributed by atoms with Crippen LogP contribution in [0.25, 0.3) is 0 Å². The van der Waals surface area contributed by atoms with Crippen molar-refractivity contribution in [1.82, 2.24) is 9.80 Å². The molecule has 2 aromatic rings. The molecule has 1 N–H and O–H groups in total. The minimum absolute atomic E-state index is 0.00821. The molecule has 0 spiro atoms. The predicted octanol–water partition coefficient (Wildman–Crippen LogP) is 4.92. The topological polar surface area (TPSA) is 60.9 Å². The van der Waals surface area contributed by atoms with Gasteiger partial charge in [0.1, 0.15) is 0 Å². The van der Waals surface area contributed by atoms with Crippen LogP contribution in [0.4, 0.5) is 0 Å². The molecule has 0 bridgehead atoms. The summed E-state index contributed by atoms with van der Waals surface area (Å²) in [5, 5.41) is 9.86. The van der Waals surface area contributed by atoms with Crippen LogP contribution in [0.15, 0.2) is 48.5 Å². The average Bonchev–Trinajstić information content (AvgIpc) is 3.21. The zero-order valence-electron chi connectivity index (χ0n) is 17.6. The van der Waals surface area contributed by atoms with Gasteiger partial charge in [-0.25, -0.2) is 0 Å². The van der Waals surface area contributed by atoms with Gasteiger partial charge in [-0.05, 0) is 48.6 Å². The minimum atomic E-state index is -0.742. The number of aliphatic carboxylic acids is 1. The second-order valence-electron chi connectivity index (χ2n) is 8.20. The summed E-state index contributed by atoms with van der Waals surface area (Å²) in [7, 11) is 1.84. The van der Waals surface area contributed by atoms with Crippen LogP contribution < -0.4 is 0 Å². The number of nitrogens with zero attached hydrogens (tertiary/aromatic N) is 2. The van der Waals surface area contributed by atoms with Gasteiger partial charge in [-0.3, -0.25) is 9.59 Å². The summed E-state index contributed by atoms with van der Waals surface area (Å²) in [6, 6.07) is 15.2. The van der Waals surface area contributed by atoms with Gasteiger partial charge < -0.3 is 14.9 Å². The Labute approximate surface area is 193 Å². The molecular weight excluding hydrogens is 435 g/mol. The fraction of sp³-hybridized carbons (Fsp3) is 0.417. The highest BCUT2D eigenvalue weighted by atomic mass is 35.5. The molecule has 1 aliphatic heterocycles. The molecule has 166 valence electrons. The molecule has 2 aromatic carbocycles. The molecule has 0 saturated carbocycles. The number of hydrogen-bond donors (Lipinski definition) is 1. The zero-order valence-corrected chi connectivity index (χ0v) is 19.1. The van der Waals surface area contributed by atoms with Gasteiger partial charge >= 0.3 is 5.97 Å². The van der Waals surface area contributed by atoms with E-state index in [9.17, 15) is 9.59 Å². The summed E-state index contributed by atoms with van der Waals surface area (Å²) in [5.74, 6) is -0.341. The lowest BCUT2D eigenvalue weighted by atomic mass is 10.0. The average molecular weight is 463 g/mol. The van der Waals surface area contributed by atoms with Crippen molar-refractivity contribution in [2.45, 2.75) is 31.7 Å². The minimum Gasteiger partial charge on any atom is -0.481 e. The SMILES string of the molecule is CN(C(=O)Cc1ccc(Cl)c(Cl)c1)[C@H](CN1CC[C@H](CCC(=O)O)C1)c1ccccc1. The smallest absolute Gasteiger partial charge is 0.303 e. The molecular formula is C24H28Cl2N2O3.